The first-order valence-electron chi connectivity index (χ1n) is 3.45. The zero-order valence-corrected chi connectivity index (χ0v) is 10.2. The van der Waals surface area contributed by atoms with Gasteiger partial charge in [0, 0.05) is 32.7 Å². The van der Waals surface area contributed by atoms with E-state index in [-0.39, 0.29) is 39.1 Å². The predicted molar refractivity (Wildman–Crippen MR) is 39.9 cm³/mol. The molecular weight excluding hydrogens is 251 g/mol. The first-order valence-corrected chi connectivity index (χ1v) is 3.45. The zero-order valence-electron chi connectivity index (χ0n) is 7.40. The van der Waals surface area contributed by atoms with E-state index in [2.05, 4.69) is 9.99 Å². The second-order valence-corrected chi connectivity index (χ2v) is 2.78. The standard InChI is InChI=1S/C7H9NO4.Y/c1-4-3-7(5(2)9,6(10)11)12-8-4;/h3H2,1-2H3,(H,10,11);. The second kappa shape index (κ2) is 4.29. The largest absolute Gasteiger partial charge is 0.478 e. The van der Waals surface area contributed by atoms with Crippen LogP contribution in [0.2, 0.25) is 0 Å². The van der Waals surface area contributed by atoms with Gasteiger partial charge in [0.05, 0.1) is 12.1 Å². The van der Waals surface area contributed by atoms with Crippen LogP contribution in [-0.4, -0.2) is 28.2 Å². The van der Waals surface area contributed by atoms with Gasteiger partial charge in [-0.25, -0.2) is 4.79 Å². The molecule has 1 atom stereocenters. The maximum absolute atomic E-state index is 11.0. The van der Waals surface area contributed by atoms with Gasteiger partial charge in [0.15, 0.2) is 5.78 Å². The molecule has 0 aromatic rings. The molecule has 0 saturated carbocycles. The Kier molecular flexibility index (Phi) is 4.19. The molecule has 0 aliphatic carbocycles. The Morgan fingerprint density at radius 1 is 1.62 bits per heavy atom. The van der Waals surface area contributed by atoms with Crippen molar-refractivity contribution < 1.29 is 52.2 Å². The van der Waals surface area contributed by atoms with Gasteiger partial charge in [-0.3, -0.25) is 4.79 Å². The minimum atomic E-state index is -1.76. The minimum absolute atomic E-state index is 0. The Morgan fingerprint density at radius 3 is 2.31 bits per heavy atom. The number of carbonyl (C=O) groups excluding carboxylic acids is 1. The quantitative estimate of drug-likeness (QED) is 0.719. The van der Waals surface area contributed by atoms with Crippen LogP contribution in [0.4, 0.5) is 0 Å². The molecule has 1 heterocycles. The van der Waals surface area contributed by atoms with Crippen molar-refractivity contribution in [1.82, 2.24) is 0 Å². The van der Waals surface area contributed by atoms with Crippen LogP contribution in [0.1, 0.15) is 20.3 Å². The second-order valence-electron chi connectivity index (χ2n) is 2.78. The van der Waals surface area contributed by atoms with E-state index in [9.17, 15) is 9.59 Å². The molecule has 1 rings (SSSR count). The maximum Gasteiger partial charge on any atom is 0.359 e. The number of carbonyl (C=O) groups is 2. The van der Waals surface area contributed by atoms with Gasteiger partial charge < -0.3 is 9.94 Å². The average Bonchev–Trinajstić information content (AvgIpc) is 2.32. The van der Waals surface area contributed by atoms with Crippen LogP contribution in [0.15, 0.2) is 5.16 Å². The third-order valence-electron chi connectivity index (χ3n) is 1.78. The molecule has 0 aromatic carbocycles. The maximum atomic E-state index is 11.0. The predicted octanol–water partition coefficient (Wildman–Crippen LogP) is 0.193. The fraction of sp³-hybridized carbons (Fsp3) is 0.571. The van der Waals surface area contributed by atoms with Gasteiger partial charge >= 0.3 is 5.97 Å². The molecule has 0 spiro atoms. The van der Waals surface area contributed by atoms with Gasteiger partial charge in [-0.05, 0) is 13.8 Å². The number of nitrogens with zero attached hydrogens (tertiary/aromatic N) is 1. The Hall–Kier alpha value is -0.286. The third kappa shape index (κ3) is 2.14. The molecule has 0 fully saturated rings. The van der Waals surface area contributed by atoms with Crippen molar-refractivity contribution in [3.63, 3.8) is 0 Å². The monoisotopic (exact) mass is 260 g/mol. The summed E-state index contributed by atoms with van der Waals surface area (Å²) in [6, 6.07) is 0. The van der Waals surface area contributed by atoms with E-state index < -0.39 is 17.4 Å². The summed E-state index contributed by atoms with van der Waals surface area (Å²) in [5.41, 5.74) is -1.24. The number of Topliss-reactive ketones (excluding diaryl/α,β-unsaturated/α-hetero) is 1. The van der Waals surface area contributed by atoms with Gasteiger partial charge in [0.2, 0.25) is 0 Å². The molecule has 1 N–H and O–H groups in total. The molecular formula is C7H9NO4Y. The van der Waals surface area contributed by atoms with Crippen molar-refractivity contribution in [2.75, 3.05) is 0 Å². The number of rotatable bonds is 2. The van der Waals surface area contributed by atoms with Crippen molar-refractivity contribution in [3.05, 3.63) is 0 Å². The molecule has 1 aliphatic heterocycles. The Labute approximate surface area is 100 Å². The number of aliphatic carboxylic acids is 1. The summed E-state index contributed by atoms with van der Waals surface area (Å²) >= 11 is 0. The number of ketones is 1. The third-order valence-corrected chi connectivity index (χ3v) is 1.78. The molecule has 1 unspecified atom stereocenters. The van der Waals surface area contributed by atoms with Gasteiger partial charge in [-0.15, -0.1) is 0 Å². The van der Waals surface area contributed by atoms with E-state index in [1.165, 1.54) is 6.92 Å². The smallest absolute Gasteiger partial charge is 0.359 e. The van der Waals surface area contributed by atoms with Crippen LogP contribution in [0.3, 0.4) is 0 Å². The van der Waals surface area contributed by atoms with E-state index in [4.69, 9.17) is 5.11 Å². The molecule has 5 nitrogen and oxygen atoms in total. The zero-order chi connectivity index (χ0) is 9.35. The van der Waals surface area contributed by atoms with Crippen molar-refractivity contribution >= 4 is 17.5 Å². The van der Waals surface area contributed by atoms with Crippen molar-refractivity contribution in [3.8, 4) is 0 Å². The molecule has 0 aromatic heterocycles. The van der Waals surface area contributed by atoms with Gasteiger partial charge in [0.25, 0.3) is 5.60 Å². The number of oxime groups is 1. The Morgan fingerprint density at radius 2 is 2.15 bits per heavy atom. The number of hydrogen-bond acceptors (Lipinski definition) is 4. The molecule has 1 aliphatic rings. The fourth-order valence-electron chi connectivity index (χ4n) is 1.03. The topological polar surface area (TPSA) is 76.0 Å². The van der Waals surface area contributed by atoms with E-state index in [1.807, 2.05) is 0 Å². The van der Waals surface area contributed by atoms with Crippen molar-refractivity contribution in [1.29, 1.82) is 0 Å². The Bertz CT molecular complexity index is 260. The van der Waals surface area contributed by atoms with E-state index in [0.717, 1.165) is 0 Å². The summed E-state index contributed by atoms with van der Waals surface area (Å²) in [6.07, 6.45) is 0.0394. The number of carboxylic acids is 1. The van der Waals surface area contributed by atoms with E-state index >= 15 is 0 Å². The van der Waals surface area contributed by atoms with Crippen LogP contribution in [0.5, 0.6) is 0 Å². The Balaban J connectivity index is 0.00000144. The first-order chi connectivity index (χ1) is 5.49. The average molecular weight is 260 g/mol. The SMILES string of the molecule is CC(=O)C1(C(=O)O)CC(C)=NO1.[Y]. The summed E-state index contributed by atoms with van der Waals surface area (Å²) in [7, 11) is 0. The molecule has 13 heavy (non-hydrogen) atoms. The molecule has 0 saturated heterocycles. The van der Waals surface area contributed by atoms with Crippen LogP contribution >= 0.6 is 0 Å². The molecule has 6 heteroatoms. The number of carboxylic acid groups (broad SMARTS) is 1. The summed E-state index contributed by atoms with van der Waals surface area (Å²) in [6.45, 7) is 2.80. The van der Waals surface area contributed by atoms with Crippen molar-refractivity contribution in [2.45, 2.75) is 25.9 Å². The summed E-state index contributed by atoms with van der Waals surface area (Å²) in [4.78, 5) is 26.3. The first kappa shape index (κ1) is 12.7. The normalized spacial score (nSPS) is 25.5. The molecule has 0 bridgehead atoms. The van der Waals surface area contributed by atoms with E-state index in [1.54, 1.807) is 6.92 Å². The molecule has 1 radical (unpaired) electrons. The summed E-state index contributed by atoms with van der Waals surface area (Å²) in [5.74, 6) is -1.81. The van der Waals surface area contributed by atoms with Crippen LogP contribution in [0, 0.1) is 0 Å². The van der Waals surface area contributed by atoms with Crippen LogP contribution in [0.25, 0.3) is 0 Å². The van der Waals surface area contributed by atoms with Crippen LogP contribution in [-0.2, 0) is 47.1 Å². The molecule has 0 amide bonds. The van der Waals surface area contributed by atoms with Crippen LogP contribution < -0.4 is 0 Å². The summed E-state index contributed by atoms with van der Waals surface area (Å²) in [5, 5.41) is 12.2. The fourth-order valence-corrected chi connectivity index (χ4v) is 1.03. The molecule has 69 valence electrons. The van der Waals surface area contributed by atoms with E-state index in [0.29, 0.717) is 5.71 Å². The number of hydrogen-bond donors (Lipinski definition) is 1. The van der Waals surface area contributed by atoms with Gasteiger partial charge in [0.1, 0.15) is 0 Å². The summed E-state index contributed by atoms with van der Waals surface area (Å²) < 4.78 is 0. The van der Waals surface area contributed by atoms with Crippen molar-refractivity contribution in [2.24, 2.45) is 5.16 Å². The van der Waals surface area contributed by atoms with Gasteiger partial charge in [-0.1, -0.05) is 5.16 Å². The van der Waals surface area contributed by atoms with Gasteiger partial charge in [-0.2, -0.15) is 0 Å². The minimum Gasteiger partial charge on any atom is -0.478 e.